The molecule has 6 aromatic rings. The third kappa shape index (κ3) is 4.35. The maximum absolute atomic E-state index is 4.58. The monoisotopic (exact) mass is 463 g/mol. The van der Waals surface area contributed by atoms with E-state index >= 15 is 0 Å². The summed E-state index contributed by atoms with van der Waals surface area (Å²) in [5, 5.41) is 2.49. The van der Waals surface area contributed by atoms with Crippen LogP contribution < -0.4 is 4.90 Å². The maximum atomic E-state index is 4.58. The van der Waals surface area contributed by atoms with Crippen LogP contribution >= 0.6 is 0 Å². The number of anilines is 2. The van der Waals surface area contributed by atoms with Crippen LogP contribution in [0.4, 0.5) is 11.4 Å². The zero-order chi connectivity index (χ0) is 24.3. The van der Waals surface area contributed by atoms with Crippen LogP contribution in [-0.4, -0.2) is 17.0 Å². The normalized spacial score (nSPS) is 10.9. The molecule has 2 aromatic heterocycles. The van der Waals surface area contributed by atoms with Crippen LogP contribution in [0.1, 0.15) is 0 Å². The summed E-state index contributed by atoms with van der Waals surface area (Å²) in [6, 6.07) is 42.4. The standard InChI is InChI=1S/C33H25N3/c1-36(31-17-14-24-8-2-3-9-26(24)23-31)30-15-12-25(13-16-30)27-20-28(32-10-4-6-18-34-32)22-29(21-27)33-11-5-7-19-35-33/h2-23H,1H3. The Morgan fingerprint density at radius 2 is 1.00 bits per heavy atom. The van der Waals surface area contributed by atoms with E-state index in [1.807, 2.05) is 48.8 Å². The second-order valence-electron chi connectivity index (χ2n) is 8.87. The fourth-order valence-corrected chi connectivity index (χ4v) is 4.57. The molecule has 0 amide bonds. The molecule has 0 atom stereocenters. The van der Waals surface area contributed by atoms with Crippen LogP contribution in [0.25, 0.3) is 44.4 Å². The first-order chi connectivity index (χ1) is 17.7. The minimum Gasteiger partial charge on any atom is -0.345 e. The molecule has 4 aromatic carbocycles. The first kappa shape index (κ1) is 21.8. The lowest BCUT2D eigenvalue weighted by Crippen LogP contribution is -2.09. The molecule has 6 rings (SSSR count). The molecule has 0 aliphatic rings. The van der Waals surface area contributed by atoms with E-state index in [4.69, 9.17) is 0 Å². The predicted octanol–water partition coefficient (Wildman–Crippen LogP) is 8.40. The molecule has 0 fully saturated rings. The lowest BCUT2D eigenvalue weighted by Gasteiger charge is -2.20. The third-order valence-electron chi connectivity index (χ3n) is 6.56. The van der Waals surface area contributed by atoms with Gasteiger partial charge in [-0.1, -0.05) is 54.6 Å². The van der Waals surface area contributed by atoms with Gasteiger partial charge in [-0.25, -0.2) is 0 Å². The van der Waals surface area contributed by atoms with Crippen molar-refractivity contribution in [2.45, 2.75) is 0 Å². The number of hydrogen-bond acceptors (Lipinski definition) is 3. The third-order valence-corrected chi connectivity index (χ3v) is 6.56. The smallest absolute Gasteiger partial charge is 0.0702 e. The van der Waals surface area contributed by atoms with E-state index in [0.717, 1.165) is 45.0 Å². The highest BCUT2D eigenvalue weighted by molar-refractivity contribution is 5.87. The Kier molecular flexibility index (Phi) is 5.72. The average molecular weight is 464 g/mol. The minimum atomic E-state index is 0.948. The van der Waals surface area contributed by atoms with Gasteiger partial charge in [-0.05, 0) is 88.6 Å². The quantitative estimate of drug-likeness (QED) is 0.257. The highest BCUT2D eigenvalue weighted by Crippen LogP contribution is 2.33. The van der Waals surface area contributed by atoms with Gasteiger partial charge in [0.2, 0.25) is 0 Å². The Hall–Kier alpha value is -4.76. The van der Waals surface area contributed by atoms with Crippen molar-refractivity contribution in [1.29, 1.82) is 0 Å². The zero-order valence-corrected chi connectivity index (χ0v) is 20.0. The number of aromatic nitrogens is 2. The molecule has 172 valence electrons. The van der Waals surface area contributed by atoms with Gasteiger partial charge in [0, 0.05) is 41.9 Å². The van der Waals surface area contributed by atoms with E-state index in [1.54, 1.807) is 0 Å². The number of pyridine rings is 2. The Labute approximate surface area is 211 Å². The fraction of sp³-hybridized carbons (Fsp3) is 0.0303. The van der Waals surface area contributed by atoms with Crippen molar-refractivity contribution in [1.82, 2.24) is 9.97 Å². The van der Waals surface area contributed by atoms with Crippen molar-refractivity contribution in [2.24, 2.45) is 0 Å². The topological polar surface area (TPSA) is 29.0 Å². The summed E-state index contributed by atoms with van der Waals surface area (Å²) in [6.07, 6.45) is 3.67. The van der Waals surface area contributed by atoms with Crippen molar-refractivity contribution in [3.63, 3.8) is 0 Å². The highest BCUT2D eigenvalue weighted by Gasteiger charge is 2.10. The van der Waals surface area contributed by atoms with Gasteiger partial charge < -0.3 is 4.90 Å². The summed E-state index contributed by atoms with van der Waals surface area (Å²) in [5.41, 5.74) is 8.64. The largest absolute Gasteiger partial charge is 0.345 e. The lowest BCUT2D eigenvalue weighted by atomic mass is 9.96. The Balaban J connectivity index is 1.37. The van der Waals surface area contributed by atoms with Gasteiger partial charge in [0.15, 0.2) is 0 Å². The molecule has 0 saturated carbocycles. The molecule has 2 heterocycles. The Bertz CT molecular complexity index is 1570. The van der Waals surface area contributed by atoms with Gasteiger partial charge in [-0.15, -0.1) is 0 Å². The predicted molar refractivity (Wildman–Crippen MR) is 150 cm³/mol. The van der Waals surface area contributed by atoms with Crippen LogP contribution in [0.15, 0.2) is 134 Å². The molecule has 0 aliphatic carbocycles. The Morgan fingerprint density at radius 1 is 0.444 bits per heavy atom. The van der Waals surface area contributed by atoms with Gasteiger partial charge >= 0.3 is 0 Å². The average Bonchev–Trinajstić information content (AvgIpc) is 2.97. The second-order valence-corrected chi connectivity index (χ2v) is 8.87. The van der Waals surface area contributed by atoms with Crippen molar-refractivity contribution in [3.8, 4) is 33.6 Å². The molecule has 0 saturated heterocycles. The molecule has 0 spiro atoms. The number of benzene rings is 4. The van der Waals surface area contributed by atoms with Crippen molar-refractivity contribution >= 4 is 22.1 Å². The molecule has 0 unspecified atom stereocenters. The summed E-state index contributed by atoms with van der Waals surface area (Å²) in [4.78, 5) is 11.4. The number of rotatable bonds is 5. The summed E-state index contributed by atoms with van der Waals surface area (Å²) in [7, 11) is 2.11. The van der Waals surface area contributed by atoms with E-state index < -0.39 is 0 Å². The molecule has 36 heavy (non-hydrogen) atoms. The van der Waals surface area contributed by atoms with Crippen LogP contribution in [0.5, 0.6) is 0 Å². The highest BCUT2D eigenvalue weighted by atomic mass is 15.1. The van der Waals surface area contributed by atoms with E-state index in [-0.39, 0.29) is 0 Å². The van der Waals surface area contributed by atoms with E-state index in [2.05, 4.69) is 107 Å². The fourth-order valence-electron chi connectivity index (χ4n) is 4.57. The van der Waals surface area contributed by atoms with Gasteiger partial charge in [-0.2, -0.15) is 0 Å². The van der Waals surface area contributed by atoms with E-state index in [0.29, 0.717) is 0 Å². The summed E-state index contributed by atoms with van der Waals surface area (Å²) in [5.74, 6) is 0. The first-order valence-electron chi connectivity index (χ1n) is 12.1. The van der Waals surface area contributed by atoms with E-state index in [1.165, 1.54) is 10.8 Å². The van der Waals surface area contributed by atoms with Gasteiger partial charge in [0.1, 0.15) is 0 Å². The first-order valence-corrected chi connectivity index (χ1v) is 12.1. The van der Waals surface area contributed by atoms with Crippen LogP contribution in [0.2, 0.25) is 0 Å². The maximum Gasteiger partial charge on any atom is 0.0702 e. The number of nitrogens with zero attached hydrogens (tertiary/aromatic N) is 3. The summed E-state index contributed by atoms with van der Waals surface area (Å²) < 4.78 is 0. The zero-order valence-electron chi connectivity index (χ0n) is 20.0. The minimum absolute atomic E-state index is 0.948. The van der Waals surface area contributed by atoms with Gasteiger partial charge in [0.05, 0.1) is 11.4 Å². The van der Waals surface area contributed by atoms with Crippen LogP contribution in [0, 0.1) is 0 Å². The van der Waals surface area contributed by atoms with Crippen LogP contribution in [0.3, 0.4) is 0 Å². The number of hydrogen-bond donors (Lipinski definition) is 0. The van der Waals surface area contributed by atoms with Crippen molar-refractivity contribution < 1.29 is 0 Å². The molecule has 0 aliphatic heterocycles. The molecular weight excluding hydrogens is 438 g/mol. The van der Waals surface area contributed by atoms with Crippen molar-refractivity contribution in [2.75, 3.05) is 11.9 Å². The van der Waals surface area contributed by atoms with Crippen molar-refractivity contribution in [3.05, 3.63) is 134 Å². The molecule has 0 radical (unpaired) electrons. The summed E-state index contributed by atoms with van der Waals surface area (Å²) >= 11 is 0. The Morgan fingerprint density at radius 3 is 1.61 bits per heavy atom. The van der Waals surface area contributed by atoms with Crippen LogP contribution in [-0.2, 0) is 0 Å². The SMILES string of the molecule is CN(c1ccc(-c2cc(-c3ccccn3)cc(-c3ccccn3)c2)cc1)c1ccc2ccccc2c1. The molecular formula is C33H25N3. The number of fused-ring (bicyclic) bond motifs is 1. The lowest BCUT2D eigenvalue weighted by molar-refractivity contribution is 1.21. The van der Waals surface area contributed by atoms with Gasteiger partial charge in [0.25, 0.3) is 0 Å². The second kappa shape index (κ2) is 9.47. The van der Waals surface area contributed by atoms with Gasteiger partial charge in [-0.3, -0.25) is 9.97 Å². The molecule has 3 heteroatoms. The van der Waals surface area contributed by atoms with E-state index in [9.17, 15) is 0 Å². The molecule has 3 nitrogen and oxygen atoms in total. The molecule has 0 N–H and O–H groups in total. The molecule has 0 bridgehead atoms. The summed E-state index contributed by atoms with van der Waals surface area (Å²) in [6.45, 7) is 0.